The normalized spacial score (nSPS) is 20.1. The van der Waals surface area contributed by atoms with Gasteiger partial charge in [0.05, 0.1) is 6.04 Å². The molecule has 5 heteroatoms. The Morgan fingerprint density at radius 3 is 2.95 bits per heavy atom. The standard InChI is InChI=1S/C15H21FN2O.ClH/c1-3-11(2)15(19)18-8-7-17-10-14(18)12-5-4-6-13(16)9-12;/h4-6,9,11,14,17H,3,7-8,10H2,1-2H3;1H. The van der Waals surface area contributed by atoms with E-state index in [4.69, 9.17) is 0 Å². The topological polar surface area (TPSA) is 32.3 Å². The van der Waals surface area contributed by atoms with E-state index in [1.807, 2.05) is 24.8 Å². The first kappa shape index (κ1) is 16.9. The van der Waals surface area contributed by atoms with Gasteiger partial charge in [-0.05, 0) is 24.1 Å². The second-order valence-electron chi connectivity index (χ2n) is 5.12. The number of hydrogen-bond donors (Lipinski definition) is 1. The fourth-order valence-electron chi connectivity index (χ4n) is 2.44. The molecule has 1 aromatic rings. The first-order valence-electron chi connectivity index (χ1n) is 6.90. The summed E-state index contributed by atoms with van der Waals surface area (Å²) in [5.41, 5.74) is 0.865. The predicted molar refractivity (Wildman–Crippen MR) is 80.4 cm³/mol. The van der Waals surface area contributed by atoms with Crippen LogP contribution in [0.4, 0.5) is 4.39 Å². The molecule has 2 atom stereocenters. The van der Waals surface area contributed by atoms with Gasteiger partial charge in [-0.3, -0.25) is 4.79 Å². The number of nitrogens with one attached hydrogen (secondary N) is 1. The van der Waals surface area contributed by atoms with Crippen molar-refractivity contribution < 1.29 is 9.18 Å². The van der Waals surface area contributed by atoms with Gasteiger partial charge in [-0.2, -0.15) is 0 Å². The van der Waals surface area contributed by atoms with Gasteiger partial charge in [0, 0.05) is 25.6 Å². The summed E-state index contributed by atoms with van der Waals surface area (Å²) in [6.45, 7) is 6.14. The van der Waals surface area contributed by atoms with E-state index in [1.54, 1.807) is 6.07 Å². The minimum Gasteiger partial charge on any atom is -0.333 e. The van der Waals surface area contributed by atoms with Crippen molar-refractivity contribution in [2.24, 2.45) is 5.92 Å². The Bertz CT molecular complexity index is 455. The van der Waals surface area contributed by atoms with Crippen molar-refractivity contribution in [2.75, 3.05) is 19.6 Å². The van der Waals surface area contributed by atoms with Crippen LogP contribution in [0.5, 0.6) is 0 Å². The van der Waals surface area contributed by atoms with Crippen LogP contribution < -0.4 is 5.32 Å². The Labute approximate surface area is 125 Å². The number of benzene rings is 1. The molecule has 0 aromatic heterocycles. The fourth-order valence-corrected chi connectivity index (χ4v) is 2.44. The van der Waals surface area contributed by atoms with Crippen LogP contribution in [0, 0.1) is 11.7 Å². The molecule has 1 aromatic carbocycles. The van der Waals surface area contributed by atoms with Gasteiger partial charge in [0.1, 0.15) is 5.82 Å². The van der Waals surface area contributed by atoms with Crippen molar-refractivity contribution in [1.29, 1.82) is 0 Å². The average molecular weight is 301 g/mol. The van der Waals surface area contributed by atoms with Crippen LogP contribution in [0.25, 0.3) is 0 Å². The zero-order chi connectivity index (χ0) is 13.8. The van der Waals surface area contributed by atoms with Gasteiger partial charge in [-0.25, -0.2) is 4.39 Å². The van der Waals surface area contributed by atoms with E-state index in [0.717, 1.165) is 18.5 Å². The van der Waals surface area contributed by atoms with Crippen LogP contribution in [-0.4, -0.2) is 30.4 Å². The van der Waals surface area contributed by atoms with Crippen LogP contribution in [0.1, 0.15) is 31.9 Å². The molecular weight excluding hydrogens is 279 g/mol. The minimum atomic E-state index is -0.251. The molecule has 0 spiro atoms. The lowest BCUT2D eigenvalue weighted by Gasteiger charge is -2.38. The largest absolute Gasteiger partial charge is 0.333 e. The maximum atomic E-state index is 13.4. The Kier molecular flexibility index (Phi) is 6.43. The van der Waals surface area contributed by atoms with E-state index in [9.17, 15) is 9.18 Å². The highest BCUT2D eigenvalue weighted by molar-refractivity contribution is 5.85. The molecule has 0 bridgehead atoms. The summed E-state index contributed by atoms with van der Waals surface area (Å²) < 4.78 is 13.4. The lowest BCUT2D eigenvalue weighted by molar-refractivity contribution is -0.138. The van der Waals surface area contributed by atoms with Crippen LogP contribution >= 0.6 is 12.4 Å². The lowest BCUT2D eigenvalue weighted by atomic mass is 10.00. The predicted octanol–water partition coefficient (Wildman–Crippen LogP) is 2.77. The van der Waals surface area contributed by atoms with Crippen LogP contribution in [0.3, 0.4) is 0 Å². The van der Waals surface area contributed by atoms with E-state index in [1.165, 1.54) is 12.1 Å². The third-order valence-corrected chi connectivity index (χ3v) is 3.79. The van der Waals surface area contributed by atoms with E-state index in [2.05, 4.69) is 5.32 Å². The van der Waals surface area contributed by atoms with Crippen molar-refractivity contribution in [3.05, 3.63) is 35.6 Å². The Balaban J connectivity index is 0.00000200. The van der Waals surface area contributed by atoms with Crippen LogP contribution in [0.2, 0.25) is 0 Å². The number of nitrogens with zero attached hydrogens (tertiary/aromatic N) is 1. The highest BCUT2D eigenvalue weighted by Crippen LogP contribution is 2.25. The smallest absolute Gasteiger partial charge is 0.225 e. The van der Waals surface area contributed by atoms with Gasteiger partial charge in [-0.1, -0.05) is 26.0 Å². The highest BCUT2D eigenvalue weighted by Gasteiger charge is 2.29. The SMILES string of the molecule is CCC(C)C(=O)N1CCNCC1c1cccc(F)c1.Cl. The van der Waals surface area contributed by atoms with E-state index in [-0.39, 0.29) is 36.1 Å². The fraction of sp³-hybridized carbons (Fsp3) is 0.533. The Morgan fingerprint density at radius 2 is 2.30 bits per heavy atom. The molecule has 2 unspecified atom stereocenters. The third-order valence-electron chi connectivity index (χ3n) is 3.79. The number of hydrogen-bond acceptors (Lipinski definition) is 2. The molecule has 1 fully saturated rings. The lowest BCUT2D eigenvalue weighted by Crippen LogP contribution is -2.50. The summed E-state index contributed by atoms with van der Waals surface area (Å²) in [6, 6.07) is 6.48. The van der Waals surface area contributed by atoms with Crippen LogP contribution in [0.15, 0.2) is 24.3 Å². The van der Waals surface area contributed by atoms with Gasteiger partial charge >= 0.3 is 0 Å². The molecule has 1 N–H and O–H groups in total. The summed E-state index contributed by atoms with van der Waals surface area (Å²) in [4.78, 5) is 14.3. The Hall–Kier alpha value is -1.13. The van der Waals surface area contributed by atoms with Crippen molar-refractivity contribution >= 4 is 18.3 Å². The van der Waals surface area contributed by atoms with Gasteiger partial charge < -0.3 is 10.2 Å². The molecule has 20 heavy (non-hydrogen) atoms. The maximum absolute atomic E-state index is 13.4. The molecule has 1 aliphatic heterocycles. The van der Waals surface area contributed by atoms with Crippen LogP contribution in [-0.2, 0) is 4.79 Å². The van der Waals surface area contributed by atoms with Crippen molar-refractivity contribution in [3.63, 3.8) is 0 Å². The molecule has 1 amide bonds. The third kappa shape index (κ3) is 3.70. The average Bonchev–Trinajstić information content (AvgIpc) is 2.45. The number of piperazine rings is 1. The zero-order valence-electron chi connectivity index (χ0n) is 11.9. The van der Waals surface area contributed by atoms with E-state index < -0.39 is 0 Å². The first-order valence-corrected chi connectivity index (χ1v) is 6.90. The van der Waals surface area contributed by atoms with Crippen molar-refractivity contribution in [2.45, 2.75) is 26.3 Å². The number of rotatable bonds is 3. The number of carbonyl (C=O) groups is 1. The van der Waals surface area contributed by atoms with Crippen molar-refractivity contribution in [1.82, 2.24) is 10.2 Å². The molecule has 1 aliphatic rings. The molecule has 0 saturated carbocycles. The number of amides is 1. The van der Waals surface area contributed by atoms with E-state index in [0.29, 0.717) is 13.1 Å². The quantitative estimate of drug-likeness (QED) is 0.931. The summed E-state index contributed by atoms with van der Waals surface area (Å²) in [7, 11) is 0. The zero-order valence-corrected chi connectivity index (χ0v) is 12.8. The first-order chi connectivity index (χ1) is 9.13. The highest BCUT2D eigenvalue weighted by atomic mass is 35.5. The monoisotopic (exact) mass is 300 g/mol. The molecule has 112 valence electrons. The molecule has 0 radical (unpaired) electrons. The molecule has 3 nitrogen and oxygen atoms in total. The molecule has 1 saturated heterocycles. The summed E-state index contributed by atoms with van der Waals surface area (Å²) in [5.74, 6) is -0.0635. The van der Waals surface area contributed by atoms with Crippen molar-refractivity contribution in [3.8, 4) is 0 Å². The summed E-state index contributed by atoms with van der Waals surface area (Å²) >= 11 is 0. The second-order valence-corrected chi connectivity index (χ2v) is 5.12. The number of carbonyl (C=O) groups excluding carboxylic acids is 1. The number of halogens is 2. The summed E-state index contributed by atoms with van der Waals surface area (Å²) in [6.07, 6.45) is 0.832. The van der Waals surface area contributed by atoms with E-state index >= 15 is 0 Å². The van der Waals surface area contributed by atoms with Gasteiger partial charge in [0.15, 0.2) is 0 Å². The molecule has 0 aliphatic carbocycles. The maximum Gasteiger partial charge on any atom is 0.225 e. The minimum absolute atomic E-state index is 0. The second kappa shape index (κ2) is 7.60. The van der Waals surface area contributed by atoms with Gasteiger partial charge in [0.2, 0.25) is 5.91 Å². The van der Waals surface area contributed by atoms with Gasteiger partial charge in [-0.15, -0.1) is 12.4 Å². The molecular formula is C15H22ClFN2O. The molecule has 1 heterocycles. The Morgan fingerprint density at radius 1 is 1.55 bits per heavy atom. The van der Waals surface area contributed by atoms with Gasteiger partial charge in [0.25, 0.3) is 0 Å². The summed E-state index contributed by atoms with van der Waals surface area (Å²) in [5, 5.41) is 3.28. The molecule has 2 rings (SSSR count).